The number of ether oxygens (including phenoxy) is 2. The molecule has 0 amide bonds. The Labute approximate surface area is 127 Å². The molecule has 1 aliphatic carbocycles. The molecule has 1 N–H and O–H groups in total. The molecule has 0 heterocycles. The Kier molecular flexibility index (Phi) is 5.79. The van der Waals surface area contributed by atoms with E-state index in [1.54, 1.807) is 0 Å². The Morgan fingerprint density at radius 2 is 1.90 bits per heavy atom. The molecule has 5 heteroatoms. The molecule has 0 aromatic heterocycles. The minimum atomic E-state index is -0.427. The molecule has 122 valence electrons. The van der Waals surface area contributed by atoms with Crippen LogP contribution in [0, 0.1) is 16.7 Å². The average Bonchev–Trinajstić information content (AvgIpc) is 2.40. The molecular formula is C16H28O5. The van der Waals surface area contributed by atoms with Crippen molar-refractivity contribution in [1.82, 2.24) is 0 Å². The number of carbonyl (C=O) groups excluding carboxylic acids is 2. The van der Waals surface area contributed by atoms with Crippen LogP contribution in [0.5, 0.6) is 0 Å². The standard InChI is InChI=1S/C16H28O5/c1-11(17)21-10-12-15(2,3)13(18)6-8-16(12,4)9-7-14(19)20-5/h12-13,18H,6-10H2,1-5H3/t12-,13-,16+/m0/s1. The normalized spacial score (nSPS) is 31.5. The smallest absolute Gasteiger partial charge is 0.305 e. The number of rotatable bonds is 5. The summed E-state index contributed by atoms with van der Waals surface area (Å²) in [7, 11) is 1.38. The molecule has 0 unspecified atom stereocenters. The van der Waals surface area contributed by atoms with Gasteiger partial charge in [0.25, 0.3) is 0 Å². The Bertz CT molecular complexity index is 390. The summed E-state index contributed by atoms with van der Waals surface area (Å²) < 4.78 is 9.95. The van der Waals surface area contributed by atoms with E-state index in [1.807, 2.05) is 13.8 Å². The van der Waals surface area contributed by atoms with Crippen LogP contribution in [-0.2, 0) is 19.1 Å². The fourth-order valence-corrected chi connectivity index (χ4v) is 3.55. The highest BCUT2D eigenvalue weighted by atomic mass is 16.5. The molecule has 0 aromatic rings. The maximum absolute atomic E-state index is 11.4. The van der Waals surface area contributed by atoms with E-state index in [0.717, 1.165) is 6.42 Å². The largest absolute Gasteiger partial charge is 0.469 e. The highest BCUT2D eigenvalue weighted by Crippen LogP contribution is 2.53. The van der Waals surface area contributed by atoms with Crippen LogP contribution in [0.3, 0.4) is 0 Å². The second-order valence-electron chi connectivity index (χ2n) is 6.96. The maximum atomic E-state index is 11.4. The lowest BCUT2D eigenvalue weighted by Gasteiger charge is -2.53. The van der Waals surface area contributed by atoms with Gasteiger partial charge in [-0.1, -0.05) is 20.8 Å². The van der Waals surface area contributed by atoms with Crippen molar-refractivity contribution >= 4 is 11.9 Å². The van der Waals surface area contributed by atoms with Crippen LogP contribution in [-0.4, -0.2) is 36.9 Å². The van der Waals surface area contributed by atoms with Gasteiger partial charge in [-0.3, -0.25) is 9.59 Å². The van der Waals surface area contributed by atoms with E-state index in [1.165, 1.54) is 14.0 Å². The summed E-state index contributed by atoms with van der Waals surface area (Å²) in [6, 6.07) is 0. The average molecular weight is 300 g/mol. The molecule has 1 rings (SSSR count). The molecule has 21 heavy (non-hydrogen) atoms. The summed E-state index contributed by atoms with van der Waals surface area (Å²) in [5.41, 5.74) is -0.523. The van der Waals surface area contributed by atoms with Crippen molar-refractivity contribution in [2.75, 3.05) is 13.7 Å². The van der Waals surface area contributed by atoms with Gasteiger partial charge in [-0.25, -0.2) is 0 Å². The zero-order valence-corrected chi connectivity index (χ0v) is 13.8. The molecule has 1 fully saturated rings. The van der Waals surface area contributed by atoms with Crippen molar-refractivity contribution in [2.24, 2.45) is 16.7 Å². The van der Waals surface area contributed by atoms with Crippen LogP contribution in [0.1, 0.15) is 53.4 Å². The molecule has 5 nitrogen and oxygen atoms in total. The molecule has 0 spiro atoms. The van der Waals surface area contributed by atoms with Crippen LogP contribution >= 0.6 is 0 Å². The zero-order chi connectivity index (χ0) is 16.3. The molecule has 0 saturated heterocycles. The number of carbonyl (C=O) groups is 2. The number of hydrogen-bond donors (Lipinski definition) is 1. The van der Waals surface area contributed by atoms with Gasteiger partial charge in [-0.05, 0) is 30.1 Å². The van der Waals surface area contributed by atoms with E-state index in [4.69, 9.17) is 9.47 Å². The topological polar surface area (TPSA) is 72.8 Å². The zero-order valence-electron chi connectivity index (χ0n) is 13.8. The first-order chi connectivity index (χ1) is 9.63. The predicted octanol–water partition coefficient (Wildman–Crippen LogP) is 2.31. The van der Waals surface area contributed by atoms with Gasteiger partial charge >= 0.3 is 11.9 Å². The van der Waals surface area contributed by atoms with Crippen molar-refractivity contribution in [2.45, 2.75) is 59.5 Å². The third kappa shape index (κ3) is 4.19. The lowest BCUT2D eigenvalue weighted by Crippen LogP contribution is -2.52. The van der Waals surface area contributed by atoms with Gasteiger partial charge in [-0.2, -0.15) is 0 Å². The lowest BCUT2D eigenvalue weighted by atomic mass is 9.54. The molecule has 0 radical (unpaired) electrons. The lowest BCUT2D eigenvalue weighted by molar-refractivity contribution is -0.158. The van der Waals surface area contributed by atoms with Gasteiger partial charge in [0, 0.05) is 19.3 Å². The second kappa shape index (κ2) is 6.77. The maximum Gasteiger partial charge on any atom is 0.305 e. The van der Waals surface area contributed by atoms with Gasteiger partial charge < -0.3 is 14.6 Å². The quantitative estimate of drug-likeness (QED) is 0.789. The van der Waals surface area contributed by atoms with Crippen molar-refractivity contribution in [3.63, 3.8) is 0 Å². The monoisotopic (exact) mass is 300 g/mol. The first-order valence-electron chi connectivity index (χ1n) is 7.51. The molecule has 1 saturated carbocycles. The van der Waals surface area contributed by atoms with Gasteiger partial charge in [-0.15, -0.1) is 0 Å². The van der Waals surface area contributed by atoms with Gasteiger partial charge in [0.1, 0.15) is 0 Å². The van der Waals surface area contributed by atoms with Gasteiger partial charge in [0.05, 0.1) is 19.8 Å². The molecular weight excluding hydrogens is 272 g/mol. The van der Waals surface area contributed by atoms with Crippen LogP contribution in [0.25, 0.3) is 0 Å². The Morgan fingerprint density at radius 3 is 2.43 bits per heavy atom. The summed E-state index contributed by atoms with van der Waals surface area (Å²) in [6.07, 6.45) is 2.09. The number of aliphatic hydroxyl groups is 1. The van der Waals surface area contributed by atoms with Gasteiger partial charge in [0.15, 0.2) is 0 Å². The van der Waals surface area contributed by atoms with E-state index in [-0.39, 0.29) is 35.3 Å². The van der Waals surface area contributed by atoms with Crippen LogP contribution < -0.4 is 0 Å². The molecule has 0 aliphatic heterocycles. The molecule has 1 aliphatic rings. The summed E-state index contributed by atoms with van der Waals surface area (Å²) in [5, 5.41) is 10.3. The third-order valence-electron chi connectivity index (χ3n) is 5.17. The summed E-state index contributed by atoms with van der Waals surface area (Å²) in [6.45, 7) is 7.77. The highest BCUT2D eigenvalue weighted by Gasteiger charge is 2.51. The van der Waals surface area contributed by atoms with Crippen LogP contribution in [0.2, 0.25) is 0 Å². The molecule has 3 atom stereocenters. The number of aliphatic hydroxyl groups excluding tert-OH is 1. The van der Waals surface area contributed by atoms with Crippen molar-refractivity contribution < 1.29 is 24.2 Å². The van der Waals surface area contributed by atoms with Gasteiger partial charge in [0.2, 0.25) is 0 Å². The van der Waals surface area contributed by atoms with E-state index in [0.29, 0.717) is 19.3 Å². The molecule has 0 bridgehead atoms. The van der Waals surface area contributed by atoms with Crippen molar-refractivity contribution in [3.05, 3.63) is 0 Å². The van der Waals surface area contributed by atoms with E-state index >= 15 is 0 Å². The minimum absolute atomic E-state index is 0.00214. The fourth-order valence-electron chi connectivity index (χ4n) is 3.55. The summed E-state index contributed by atoms with van der Waals surface area (Å²) in [5.74, 6) is -0.546. The Balaban J connectivity index is 2.91. The second-order valence-corrected chi connectivity index (χ2v) is 6.96. The minimum Gasteiger partial charge on any atom is -0.469 e. The van der Waals surface area contributed by atoms with E-state index in [2.05, 4.69) is 6.92 Å². The fraction of sp³-hybridized carbons (Fsp3) is 0.875. The van der Waals surface area contributed by atoms with Crippen LogP contribution in [0.4, 0.5) is 0 Å². The Hall–Kier alpha value is -1.10. The number of methoxy groups -OCH3 is 1. The van der Waals surface area contributed by atoms with E-state index < -0.39 is 6.10 Å². The predicted molar refractivity (Wildman–Crippen MR) is 78.5 cm³/mol. The number of hydrogen-bond acceptors (Lipinski definition) is 5. The molecule has 0 aromatic carbocycles. The Morgan fingerprint density at radius 1 is 1.29 bits per heavy atom. The van der Waals surface area contributed by atoms with Crippen molar-refractivity contribution in [1.29, 1.82) is 0 Å². The third-order valence-corrected chi connectivity index (χ3v) is 5.17. The first kappa shape index (κ1) is 18.0. The van der Waals surface area contributed by atoms with Crippen LogP contribution in [0.15, 0.2) is 0 Å². The van der Waals surface area contributed by atoms with Crippen molar-refractivity contribution in [3.8, 4) is 0 Å². The van der Waals surface area contributed by atoms with E-state index in [9.17, 15) is 14.7 Å². The summed E-state index contributed by atoms with van der Waals surface area (Å²) in [4.78, 5) is 22.6. The highest BCUT2D eigenvalue weighted by molar-refractivity contribution is 5.69. The summed E-state index contributed by atoms with van der Waals surface area (Å²) >= 11 is 0. The SMILES string of the molecule is COC(=O)CC[C@@]1(C)CC[C@H](O)C(C)(C)[C@@H]1COC(C)=O. The number of esters is 2. The first-order valence-corrected chi connectivity index (χ1v) is 7.51.